The second-order valence-electron chi connectivity index (χ2n) is 3.62. The standard InChI is InChI=1S/C10H17N3OS/c1-8(5-11)4-10(14)12-3-2-9-6-15-7-13-9/h6-8H,2-5,11H2,1H3,(H,12,14). The molecule has 0 fully saturated rings. The van der Waals surface area contributed by atoms with Gasteiger partial charge in [-0.25, -0.2) is 4.98 Å². The van der Waals surface area contributed by atoms with E-state index in [1.807, 2.05) is 12.3 Å². The SMILES string of the molecule is CC(CN)CC(=O)NCCc1cscn1. The molecule has 0 saturated heterocycles. The van der Waals surface area contributed by atoms with Crippen molar-refractivity contribution < 1.29 is 4.79 Å². The highest BCUT2D eigenvalue weighted by molar-refractivity contribution is 7.07. The molecule has 0 spiro atoms. The Morgan fingerprint density at radius 3 is 3.13 bits per heavy atom. The molecule has 0 aliphatic heterocycles. The summed E-state index contributed by atoms with van der Waals surface area (Å²) in [7, 11) is 0. The van der Waals surface area contributed by atoms with Crippen LogP contribution in [0.1, 0.15) is 19.0 Å². The van der Waals surface area contributed by atoms with E-state index in [9.17, 15) is 4.79 Å². The monoisotopic (exact) mass is 227 g/mol. The largest absolute Gasteiger partial charge is 0.356 e. The van der Waals surface area contributed by atoms with E-state index in [2.05, 4.69) is 10.3 Å². The number of carbonyl (C=O) groups is 1. The van der Waals surface area contributed by atoms with Crippen LogP contribution in [0, 0.1) is 5.92 Å². The maximum atomic E-state index is 11.4. The first kappa shape index (κ1) is 12.1. The first-order valence-electron chi connectivity index (χ1n) is 5.06. The third-order valence-corrected chi connectivity index (χ3v) is 2.76. The van der Waals surface area contributed by atoms with Gasteiger partial charge in [0, 0.05) is 24.8 Å². The van der Waals surface area contributed by atoms with E-state index >= 15 is 0 Å². The zero-order valence-electron chi connectivity index (χ0n) is 8.90. The normalized spacial score (nSPS) is 12.4. The summed E-state index contributed by atoms with van der Waals surface area (Å²) in [5, 5.41) is 4.85. The molecule has 15 heavy (non-hydrogen) atoms. The van der Waals surface area contributed by atoms with Crippen molar-refractivity contribution in [1.82, 2.24) is 10.3 Å². The molecule has 1 atom stereocenters. The summed E-state index contributed by atoms with van der Waals surface area (Å²) >= 11 is 1.57. The third kappa shape index (κ3) is 4.90. The number of nitrogens with zero attached hydrogens (tertiary/aromatic N) is 1. The fourth-order valence-electron chi connectivity index (χ4n) is 1.16. The highest BCUT2D eigenvalue weighted by Crippen LogP contribution is 2.01. The summed E-state index contributed by atoms with van der Waals surface area (Å²) in [4.78, 5) is 15.5. The number of nitrogens with one attached hydrogen (secondary N) is 1. The van der Waals surface area contributed by atoms with Crippen molar-refractivity contribution in [3.8, 4) is 0 Å². The van der Waals surface area contributed by atoms with Crippen LogP contribution in [-0.4, -0.2) is 24.0 Å². The Bertz CT molecular complexity index is 287. The predicted molar refractivity (Wildman–Crippen MR) is 61.7 cm³/mol. The molecule has 1 amide bonds. The van der Waals surface area contributed by atoms with E-state index < -0.39 is 0 Å². The van der Waals surface area contributed by atoms with Gasteiger partial charge in [0.15, 0.2) is 0 Å². The predicted octanol–water partition coefficient (Wildman–Crippen LogP) is 0.787. The molecule has 5 heteroatoms. The fourth-order valence-corrected chi connectivity index (χ4v) is 1.76. The summed E-state index contributed by atoms with van der Waals surface area (Å²) in [6.45, 7) is 3.18. The Morgan fingerprint density at radius 1 is 1.73 bits per heavy atom. The lowest BCUT2D eigenvalue weighted by Crippen LogP contribution is -2.28. The number of aromatic nitrogens is 1. The van der Waals surface area contributed by atoms with E-state index in [4.69, 9.17) is 5.73 Å². The van der Waals surface area contributed by atoms with Crippen LogP contribution in [0.4, 0.5) is 0 Å². The van der Waals surface area contributed by atoms with E-state index in [0.29, 0.717) is 19.5 Å². The van der Waals surface area contributed by atoms with Gasteiger partial charge in [-0.2, -0.15) is 0 Å². The van der Waals surface area contributed by atoms with Gasteiger partial charge in [0.05, 0.1) is 11.2 Å². The Morgan fingerprint density at radius 2 is 2.53 bits per heavy atom. The van der Waals surface area contributed by atoms with Gasteiger partial charge in [0.25, 0.3) is 0 Å². The van der Waals surface area contributed by atoms with E-state index in [1.165, 1.54) is 0 Å². The molecular weight excluding hydrogens is 210 g/mol. The van der Waals surface area contributed by atoms with Crippen molar-refractivity contribution in [3.63, 3.8) is 0 Å². The van der Waals surface area contributed by atoms with Crippen LogP contribution in [0.2, 0.25) is 0 Å². The molecule has 84 valence electrons. The molecule has 3 N–H and O–H groups in total. The molecule has 0 saturated carbocycles. The Kier molecular flexibility index (Phi) is 5.28. The highest BCUT2D eigenvalue weighted by Gasteiger charge is 2.06. The Labute approximate surface area is 93.9 Å². The lowest BCUT2D eigenvalue weighted by atomic mass is 10.1. The Hall–Kier alpha value is -0.940. The number of thiazole rings is 1. The number of rotatable bonds is 6. The van der Waals surface area contributed by atoms with Gasteiger partial charge in [0.1, 0.15) is 0 Å². The minimum absolute atomic E-state index is 0.0724. The van der Waals surface area contributed by atoms with Crippen molar-refractivity contribution in [1.29, 1.82) is 0 Å². The summed E-state index contributed by atoms with van der Waals surface area (Å²) in [6.07, 6.45) is 1.31. The summed E-state index contributed by atoms with van der Waals surface area (Å²) < 4.78 is 0. The molecular formula is C10H17N3OS. The highest BCUT2D eigenvalue weighted by atomic mass is 32.1. The molecule has 0 aliphatic carbocycles. The van der Waals surface area contributed by atoms with Gasteiger partial charge in [0.2, 0.25) is 5.91 Å². The smallest absolute Gasteiger partial charge is 0.220 e. The molecule has 1 unspecified atom stereocenters. The van der Waals surface area contributed by atoms with Gasteiger partial charge >= 0.3 is 0 Å². The van der Waals surface area contributed by atoms with Crippen molar-refractivity contribution in [2.24, 2.45) is 11.7 Å². The van der Waals surface area contributed by atoms with Crippen LogP contribution in [0.25, 0.3) is 0 Å². The van der Waals surface area contributed by atoms with Crippen molar-refractivity contribution >= 4 is 17.2 Å². The number of hydrogen-bond acceptors (Lipinski definition) is 4. The molecule has 1 heterocycles. The number of carbonyl (C=O) groups excluding carboxylic acids is 1. The second kappa shape index (κ2) is 6.53. The van der Waals surface area contributed by atoms with E-state index in [1.54, 1.807) is 16.8 Å². The van der Waals surface area contributed by atoms with Crippen LogP contribution in [-0.2, 0) is 11.2 Å². The van der Waals surface area contributed by atoms with Gasteiger partial charge in [-0.1, -0.05) is 6.92 Å². The van der Waals surface area contributed by atoms with Crippen LogP contribution in [0.5, 0.6) is 0 Å². The quantitative estimate of drug-likeness (QED) is 0.755. The number of hydrogen-bond donors (Lipinski definition) is 2. The van der Waals surface area contributed by atoms with Gasteiger partial charge in [-0.3, -0.25) is 4.79 Å². The minimum Gasteiger partial charge on any atom is -0.356 e. The zero-order chi connectivity index (χ0) is 11.1. The second-order valence-corrected chi connectivity index (χ2v) is 4.34. The van der Waals surface area contributed by atoms with Crippen LogP contribution >= 0.6 is 11.3 Å². The fraction of sp³-hybridized carbons (Fsp3) is 0.600. The molecule has 1 rings (SSSR count). The summed E-state index contributed by atoms with van der Waals surface area (Å²) in [5.41, 5.74) is 8.27. The van der Waals surface area contributed by atoms with Gasteiger partial charge in [-0.05, 0) is 12.5 Å². The average molecular weight is 227 g/mol. The maximum Gasteiger partial charge on any atom is 0.220 e. The molecule has 1 aromatic rings. The molecule has 0 aliphatic rings. The molecule has 0 radical (unpaired) electrons. The first-order valence-corrected chi connectivity index (χ1v) is 6.00. The molecule has 0 bridgehead atoms. The maximum absolute atomic E-state index is 11.4. The van der Waals surface area contributed by atoms with Gasteiger partial charge in [-0.15, -0.1) is 11.3 Å². The van der Waals surface area contributed by atoms with Gasteiger partial charge < -0.3 is 11.1 Å². The third-order valence-electron chi connectivity index (χ3n) is 2.12. The first-order chi connectivity index (χ1) is 7.22. The topological polar surface area (TPSA) is 68.0 Å². The minimum atomic E-state index is 0.0724. The van der Waals surface area contributed by atoms with Crippen LogP contribution < -0.4 is 11.1 Å². The van der Waals surface area contributed by atoms with E-state index in [0.717, 1.165) is 12.1 Å². The number of nitrogens with two attached hydrogens (primary N) is 1. The lowest BCUT2D eigenvalue weighted by molar-refractivity contribution is -0.121. The summed E-state index contributed by atoms with van der Waals surface area (Å²) in [6, 6.07) is 0. The summed E-state index contributed by atoms with van der Waals surface area (Å²) in [5.74, 6) is 0.326. The average Bonchev–Trinajstić information content (AvgIpc) is 2.70. The lowest BCUT2D eigenvalue weighted by Gasteiger charge is -2.08. The Balaban J connectivity index is 2.12. The van der Waals surface area contributed by atoms with Crippen molar-refractivity contribution in [2.75, 3.05) is 13.1 Å². The molecule has 4 nitrogen and oxygen atoms in total. The number of amides is 1. The molecule has 1 aromatic heterocycles. The van der Waals surface area contributed by atoms with Crippen LogP contribution in [0.3, 0.4) is 0 Å². The van der Waals surface area contributed by atoms with Crippen LogP contribution in [0.15, 0.2) is 10.9 Å². The molecule has 0 aromatic carbocycles. The zero-order valence-corrected chi connectivity index (χ0v) is 9.72. The van der Waals surface area contributed by atoms with Crippen molar-refractivity contribution in [2.45, 2.75) is 19.8 Å². The van der Waals surface area contributed by atoms with E-state index in [-0.39, 0.29) is 11.8 Å². The van der Waals surface area contributed by atoms with Crippen molar-refractivity contribution in [3.05, 3.63) is 16.6 Å².